The Bertz CT molecular complexity index is 324. The van der Waals surface area contributed by atoms with E-state index >= 15 is 0 Å². The number of unbranched alkanes of at least 4 members (excludes halogenated alkanes) is 2. The van der Waals surface area contributed by atoms with E-state index in [2.05, 4.69) is 11.2 Å². The van der Waals surface area contributed by atoms with Crippen LogP contribution in [0.4, 0.5) is 0 Å². The number of aliphatic hydroxyl groups excluding tert-OH is 2. The molecule has 0 aromatic carbocycles. The fraction of sp³-hybridized carbons (Fsp3) is 0.615. The number of hydrogen-bond donors (Lipinski definition) is 3. The van der Waals surface area contributed by atoms with Crippen LogP contribution in [0.2, 0.25) is 0 Å². The lowest BCUT2D eigenvalue weighted by molar-refractivity contribution is -0.121. The van der Waals surface area contributed by atoms with Gasteiger partial charge in [0, 0.05) is 13.0 Å². The predicted octanol–water partition coefficient (Wildman–Crippen LogP) is -0.195. The summed E-state index contributed by atoms with van der Waals surface area (Å²) in [5.41, 5.74) is 0. The van der Waals surface area contributed by atoms with Crippen LogP contribution in [0, 0.1) is 12.3 Å². The summed E-state index contributed by atoms with van der Waals surface area (Å²) in [5.74, 6) is 2.31. The molecule has 2 unspecified atom stereocenters. The Morgan fingerprint density at radius 3 is 2.56 bits per heavy atom. The molecule has 0 bridgehead atoms. The summed E-state index contributed by atoms with van der Waals surface area (Å²) >= 11 is 0. The maximum Gasteiger partial charge on any atom is 0.220 e. The SMILES string of the molecule is C#CCNC(=O)CCCCCN1C(O)C=CC1O. The van der Waals surface area contributed by atoms with E-state index in [0.717, 1.165) is 19.3 Å². The molecule has 1 heterocycles. The summed E-state index contributed by atoms with van der Waals surface area (Å²) in [6.45, 7) is 0.887. The highest BCUT2D eigenvalue weighted by molar-refractivity contribution is 5.76. The number of amides is 1. The highest BCUT2D eigenvalue weighted by Crippen LogP contribution is 2.14. The first kappa shape index (κ1) is 14.7. The summed E-state index contributed by atoms with van der Waals surface area (Å²) in [6, 6.07) is 0. The molecule has 0 saturated carbocycles. The average Bonchev–Trinajstić information content (AvgIpc) is 2.67. The van der Waals surface area contributed by atoms with Crippen molar-refractivity contribution in [3.05, 3.63) is 12.2 Å². The molecule has 0 aromatic heterocycles. The lowest BCUT2D eigenvalue weighted by Gasteiger charge is -2.23. The zero-order valence-electron chi connectivity index (χ0n) is 10.4. The molecule has 0 saturated heterocycles. The van der Waals surface area contributed by atoms with Crippen LogP contribution in [0.3, 0.4) is 0 Å². The second-order valence-corrected chi connectivity index (χ2v) is 4.24. The number of aliphatic hydroxyl groups is 2. The van der Waals surface area contributed by atoms with E-state index in [1.165, 1.54) is 0 Å². The first-order valence-electron chi connectivity index (χ1n) is 6.15. The Balaban J connectivity index is 2.02. The summed E-state index contributed by atoms with van der Waals surface area (Å²) in [4.78, 5) is 12.8. The smallest absolute Gasteiger partial charge is 0.220 e. The van der Waals surface area contributed by atoms with Crippen molar-refractivity contribution in [2.45, 2.75) is 38.1 Å². The maximum atomic E-state index is 11.2. The fourth-order valence-corrected chi connectivity index (χ4v) is 1.84. The number of carbonyl (C=O) groups excluding carboxylic acids is 1. The second kappa shape index (κ2) is 7.88. The highest BCUT2D eigenvalue weighted by atomic mass is 16.3. The number of terminal acetylenes is 1. The highest BCUT2D eigenvalue weighted by Gasteiger charge is 2.24. The summed E-state index contributed by atoms with van der Waals surface area (Å²) in [6.07, 6.45) is 9.72. The van der Waals surface area contributed by atoms with Crippen molar-refractivity contribution in [1.29, 1.82) is 0 Å². The lowest BCUT2D eigenvalue weighted by atomic mass is 10.2. The van der Waals surface area contributed by atoms with Crippen molar-refractivity contribution in [3.8, 4) is 12.3 Å². The van der Waals surface area contributed by atoms with Crippen LogP contribution in [0.25, 0.3) is 0 Å². The minimum Gasteiger partial charge on any atom is -0.375 e. The molecule has 0 aromatic rings. The van der Waals surface area contributed by atoms with Gasteiger partial charge >= 0.3 is 0 Å². The number of nitrogens with zero attached hydrogens (tertiary/aromatic N) is 1. The molecule has 1 amide bonds. The monoisotopic (exact) mass is 252 g/mol. The zero-order chi connectivity index (χ0) is 13.4. The van der Waals surface area contributed by atoms with Crippen LogP contribution in [0.15, 0.2) is 12.2 Å². The molecule has 18 heavy (non-hydrogen) atoms. The van der Waals surface area contributed by atoms with E-state index in [-0.39, 0.29) is 12.5 Å². The van der Waals surface area contributed by atoms with Crippen molar-refractivity contribution in [2.24, 2.45) is 0 Å². The Hall–Kier alpha value is -1.35. The van der Waals surface area contributed by atoms with E-state index in [4.69, 9.17) is 6.42 Å². The molecule has 5 heteroatoms. The summed E-state index contributed by atoms with van der Waals surface area (Å²) in [7, 11) is 0. The van der Waals surface area contributed by atoms with Gasteiger partial charge in [-0.1, -0.05) is 12.3 Å². The lowest BCUT2D eigenvalue weighted by Crippen LogP contribution is -2.37. The average molecular weight is 252 g/mol. The van der Waals surface area contributed by atoms with Crippen molar-refractivity contribution < 1.29 is 15.0 Å². The van der Waals surface area contributed by atoms with Crippen LogP contribution < -0.4 is 5.32 Å². The van der Waals surface area contributed by atoms with Gasteiger partial charge in [0.05, 0.1) is 6.54 Å². The standard InChI is InChI=1S/C13H20N2O3/c1-2-9-14-11(16)6-4-3-5-10-15-12(17)7-8-13(15)18/h1,7-8,12-13,17-18H,3-6,9-10H2,(H,14,16). The van der Waals surface area contributed by atoms with Crippen LogP contribution in [0.1, 0.15) is 25.7 Å². The van der Waals surface area contributed by atoms with Crippen molar-refractivity contribution >= 4 is 5.91 Å². The van der Waals surface area contributed by atoms with Crippen molar-refractivity contribution in [2.75, 3.05) is 13.1 Å². The van der Waals surface area contributed by atoms with Gasteiger partial charge in [-0.3, -0.25) is 4.79 Å². The summed E-state index contributed by atoms with van der Waals surface area (Å²) in [5, 5.41) is 21.6. The largest absolute Gasteiger partial charge is 0.375 e. The molecule has 3 N–H and O–H groups in total. The Labute approximate surface area is 107 Å². The normalized spacial score (nSPS) is 22.9. The van der Waals surface area contributed by atoms with Gasteiger partial charge in [-0.15, -0.1) is 6.42 Å². The molecular weight excluding hydrogens is 232 g/mol. The summed E-state index contributed by atoms with van der Waals surface area (Å²) < 4.78 is 0. The molecule has 0 radical (unpaired) electrons. The maximum absolute atomic E-state index is 11.2. The molecule has 1 aliphatic heterocycles. The quantitative estimate of drug-likeness (QED) is 0.333. The van der Waals surface area contributed by atoms with Gasteiger partial charge < -0.3 is 15.5 Å². The van der Waals surface area contributed by atoms with Gasteiger partial charge in [0.1, 0.15) is 12.5 Å². The molecule has 2 atom stereocenters. The molecule has 5 nitrogen and oxygen atoms in total. The van der Waals surface area contributed by atoms with E-state index in [9.17, 15) is 15.0 Å². The van der Waals surface area contributed by atoms with E-state index < -0.39 is 12.5 Å². The van der Waals surface area contributed by atoms with E-state index in [1.807, 2.05) is 0 Å². The third-order valence-corrected chi connectivity index (χ3v) is 2.84. The van der Waals surface area contributed by atoms with Crippen molar-refractivity contribution in [3.63, 3.8) is 0 Å². The molecule has 0 fully saturated rings. The van der Waals surface area contributed by atoms with Crippen molar-refractivity contribution in [1.82, 2.24) is 10.2 Å². The number of hydrogen-bond acceptors (Lipinski definition) is 4. The Morgan fingerprint density at radius 2 is 1.94 bits per heavy atom. The number of carbonyl (C=O) groups is 1. The molecule has 0 spiro atoms. The van der Waals surface area contributed by atoms with Gasteiger partial charge in [-0.25, -0.2) is 4.90 Å². The van der Waals surface area contributed by atoms with Crippen LogP contribution in [-0.2, 0) is 4.79 Å². The Morgan fingerprint density at radius 1 is 1.28 bits per heavy atom. The van der Waals surface area contributed by atoms with Crippen LogP contribution in [-0.4, -0.2) is 46.6 Å². The van der Waals surface area contributed by atoms with Gasteiger partial charge in [-0.05, 0) is 25.0 Å². The van der Waals surface area contributed by atoms with Crippen LogP contribution >= 0.6 is 0 Å². The second-order valence-electron chi connectivity index (χ2n) is 4.24. The topological polar surface area (TPSA) is 72.8 Å². The van der Waals surface area contributed by atoms with Gasteiger partial charge in [0.25, 0.3) is 0 Å². The minimum absolute atomic E-state index is 0.0316. The third kappa shape index (κ3) is 4.88. The zero-order valence-corrected chi connectivity index (χ0v) is 10.4. The number of rotatable bonds is 7. The minimum atomic E-state index is -0.695. The first-order valence-corrected chi connectivity index (χ1v) is 6.15. The van der Waals surface area contributed by atoms with Crippen LogP contribution in [0.5, 0.6) is 0 Å². The fourth-order valence-electron chi connectivity index (χ4n) is 1.84. The Kier molecular flexibility index (Phi) is 6.44. The van der Waals surface area contributed by atoms with Gasteiger partial charge in [0.2, 0.25) is 5.91 Å². The first-order chi connectivity index (χ1) is 8.65. The predicted molar refractivity (Wildman–Crippen MR) is 68.2 cm³/mol. The van der Waals surface area contributed by atoms with E-state index in [1.54, 1.807) is 17.1 Å². The third-order valence-electron chi connectivity index (χ3n) is 2.84. The molecular formula is C13H20N2O3. The molecule has 100 valence electrons. The molecule has 1 rings (SSSR count). The van der Waals surface area contributed by atoms with Gasteiger partial charge in [-0.2, -0.15) is 0 Å². The number of nitrogens with one attached hydrogen (secondary N) is 1. The molecule has 0 aliphatic carbocycles. The molecule has 1 aliphatic rings. The van der Waals surface area contributed by atoms with E-state index in [0.29, 0.717) is 13.0 Å². The van der Waals surface area contributed by atoms with Gasteiger partial charge in [0.15, 0.2) is 0 Å².